The summed E-state index contributed by atoms with van der Waals surface area (Å²) in [6.07, 6.45) is 4.15. The molecule has 0 aliphatic heterocycles. The number of aromatic nitrogens is 2. The van der Waals surface area contributed by atoms with Crippen LogP contribution in [0.25, 0.3) is 0 Å². The Hall–Kier alpha value is -2.10. The second-order valence-corrected chi connectivity index (χ2v) is 7.25. The van der Waals surface area contributed by atoms with Crippen LogP contribution in [-0.4, -0.2) is 22.2 Å². The summed E-state index contributed by atoms with van der Waals surface area (Å²) in [5.74, 6) is -0.0697. The van der Waals surface area contributed by atoms with Crippen molar-refractivity contribution in [3.05, 3.63) is 52.3 Å². The maximum atomic E-state index is 12.0. The number of nitrogens with one attached hydrogen (secondary N) is 1. The summed E-state index contributed by atoms with van der Waals surface area (Å²) in [5.41, 5.74) is 6.03. The molecule has 0 unspecified atom stereocenters. The van der Waals surface area contributed by atoms with Crippen molar-refractivity contribution in [2.75, 3.05) is 6.54 Å². The molecule has 0 fully saturated rings. The van der Waals surface area contributed by atoms with Gasteiger partial charge in [0.05, 0.1) is 11.8 Å². The topological polar surface area (TPSA) is 46.9 Å². The van der Waals surface area contributed by atoms with Crippen LogP contribution < -0.4 is 5.32 Å². The van der Waals surface area contributed by atoms with Gasteiger partial charge in [-0.25, -0.2) is 0 Å². The summed E-state index contributed by atoms with van der Waals surface area (Å²) in [4.78, 5) is 12.0. The molecule has 1 heterocycles. The van der Waals surface area contributed by atoms with Gasteiger partial charge in [-0.1, -0.05) is 32.9 Å². The van der Waals surface area contributed by atoms with Crippen LogP contribution >= 0.6 is 0 Å². The molecule has 0 atom stereocenters. The quantitative estimate of drug-likeness (QED) is 0.941. The van der Waals surface area contributed by atoms with E-state index in [2.05, 4.69) is 57.2 Å². The molecule has 4 heteroatoms. The minimum Gasteiger partial charge on any atom is -0.352 e. The van der Waals surface area contributed by atoms with E-state index in [1.165, 1.54) is 22.3 Å². The third-order valence-electron chi connectivity index (χ3n) is 4.19. The molecule has 1 N–H and O–H groups in total. The van der Waals surface area contributed by atoms with E-state index in [1.807, 2.05) is 0 Å². The van der Waals surface area contributed by atoms with E-state index in [4.69, 9.17) is 0 Å². The summed E-state index contributed by atoms with van der Waals surface area (Å²) in [5, 5.41) is 6.99. The van der Waals surface area contributed by atoms with Crippen molar-refractivity contribution in [2.45, 2.75) is 46.5 Å². The monoisotopic (exact) mass is 313 g/mol. The first-order valence-electron chi connectivity index (χ1n) is 8.06. The summed E-state index contributed by atoms with van der Waals surface area (Å²) in [7, 11) is 1.81. The number of carbonyl (C=O) groups is 1. The van der Waals surface area contributed by atoms with Crippen molar-refractivity contribution in [2.24, 2.45) is 7.05 Å². The highest BCUT2D eigenvalue weighted by atomic mass is 16.1. The fourth-order valence-electron chi connectivity index (χ4n) is 2.76. The number of aryl methyl sites for hydroxylation is 3. The Labute approximate surface area is 138 Å². The third-order valence-corrected chi connectivity index (χ3v) is 4.19. The number of amides is 1. The second kappa shape index (κ2) is 6.57. The Morgan fingerprint density at radius 2 is 1.83 bits per heavy atom. The van der Waals surface area contributed by atoms with Crippen LogP contribution in [0.2, 0.25) is 0 Å². The molecular weight excluding hydrogens is 286 g/mol. The van der Waals surface area contributed by atoms with Crippen molar-refractivity contribution < 1.29 is 4.79 Å². The molecule has 2 rings (SSSR count). The van der Waals surface area contributed by atoms with E-state index < -0.39 is 0 Å². The maximum absolute atomic E-state index is 12.0. The predicted octanol–water partition coefficient (Wildman–Crippen LogP) is 3.31. The number of carbonyl (C=O) groups excluding carboxylic acids is 1. The molecule has 1 amide bonds. The molecule has 2 aromatic rings. The van der Waals surface area contributed by atoms with Crippen LogP contribution in [0.5, 0.6) is 0 Å². The Bertz CT molecular complexity index is 685. The van der Waals surface area contributed by atoms with E-state index in [-0.39, 0.29) is 11.3 Å². The van der Waals surface area contributed by atoms with Crippen molar-refractivity contribution in [1.82, 2.24) is 15.1 Å². The molecule has 0 radical (unpaired) electrons. The molecule has 1 aromatic heterocycles. The molecule has 0 aliphatic rings. The average molecular weight is 313 g/mol. The molecule has 0 saturated heterocycles. The first-order chi connectivity index (χ1) is 10.7. The van der Waals surface area contributed by atoms with Crippen LogP contribution in [0.4, 0.5) is 0 Å². The molecule has 0 bridgehead atoms. The van der Waals surface area contributed by atoms with Crippen LogP contribution in [-0.2, 0) is 18.9 Å². The Morgan fingerprint density at radius 3 is 2.30 bits per heavy atom. The summed E-state index contributed by atoms with van der Waals surface area (Å²) in [6, 6.07) is 4.54. The standard InChI is InChI=1S/C19H27N3O/c1-13-9-16(19(3,4)5)10-14(2)17(13)7-8-20-18(23)15-11-21-22(6)12-15/h9-12H,7-8H2,1-6H3,(H,20,23). The van der Waals surface area contributed by atoms with Crippen LogP contribution in [0.15, 0.2) is 24.5 Å². The van der Waals surface area contributed by atoms with Crippen molar-refractivity contribution in [1.29, 1.82) is 0 Å². The smallest absolute Gasteiger partial charge is 0.254 e. The fourth-order valence-corrected chi connectivity index (χ4v) is 2.76. The van der Waals surface area contributed by atoms with Gasteiger partial charge in [0.2, 0.25) is 0 Å². The number of rotatable bonds is 4. The van der Waals surface area contributed by atoms with E-state index >= 15 is 0 Å². The average Bonchev–Trinajstić information content (AvgIpc) is 2.87. The zero-order chi connectivity index (χ0) is 17.2. The van der Waals surface area contributed by atoms with Gasteiger partial charge in [0, 0.05) is 19.8 Å². The highest BCUT2D eigenvalue weighted by Gasteiger charge is 2.16. The minimum absolute atomic E-state index is 0.0697. The molecule has 4 nitrogen and oxygen atoms in total. The number of nitrogens with zero attached hydrogens (tertiary/aromatic N) is 2. The number of hydrogen-bond acceptors (Lipinski definition) is 2. The Balaban J connectivity index is 2.02. The minimum atomic E-state index is -0.0697. The van der Waals surface area contributed by atoms with Gasteiger partial charge >= 0.3 is 0 Å². The predicted molar refractivity (Wildman–Crippen MR) is 93.9 cm³/mol. The van der Waals surface area contributed by atoms with Crippen molar-refractivity contribution in [3.63, 3.8) is 0 Å². The largest absolute Gasteiger partial charge is 0.352 e. The van der Waals surface area contributed by atoms with Gasteiger partial charge in [-0.05, 0) is 47.9 Å². The lowest BCUT2D eigenvalue weighted by atomic mass is 9.83. The second-order valence-electron chi connectivity index (χ2n) is 7.25. The molecule has 0 aliphatic carbocycles. The van der Waals surface area contributed by atoms with Gasteiger partial charge in [0.1, 0.15) is 0 Å². The normalized spacial score (nSPS) is 11.6. The SMILES string of the molecule is Cc1cc(C(C)(C)C)cc(C)c1CCNC(=O)c1cnn(C)c1. The molecule has 124 valence electrons. The Kier molecular flexibility index (Phi) is 4.93. The van der Waals surface area contributed by atoms with Crippen LogP contribution in [0, 0.1) is 13.8 Å². The van der Waals surface area contributed by atoms with Gasteiger partial charge in [0.25, 0.3) is 5.91 Å². The van der Waals surface area contributed by atoms with E-state index in [0.29, 0.717) is 12.1 Å². The summed E-state index contributed by atoms with van der Waals surface area (Å²) < 4.78 is 1.63. The number of benzene rings is 1. The van der Waals surface area contributed by atoms with Crippen molar-refractivity contribution in [3.8, 4) is 0 Å². The fraction of sp³-hybridized carbons (Fsp3) is 0.474. The van der Waals surface area contributed by atoms with Gasteiger partial charge in [-0.3, -0.25) is 9.48 Å². The lowest BCUT2D eigenvalue weighted by Gasteiger charge is -2.22. The lowest BCUT2D eigenvalue weighted by molar-refractivity contribution is 0.0954. The molecule has 0 saturated carbocycles. The van der Waals surface area contributed by atoms with Crippen LogP contribution in [0.1, 0.15) is 53.4 Å². The Morgan fingerprint density at radius 1 is 1.22 bits per heavy atom. The highest BCUT2D eigenvalue weighted by molar-refractivity contribution is 5.93. The molecular formula is C19H27N3O. The number of hydrogen-bond donors (Lipinski definition) is 1. The van der Waals surface area contributed by atoms with Gasteiger partial charge < -0.3 is 5.32 Å². The van der Waals surface area contributed by atoms with E-state index in [9.17, 15) is 4.79 Å². The van der Waals surface area contributed by atoms with Gasteiger partial charge in [-0.2, -0.15) is 5.10 Å². The zero-order valence-corrected chi connectivity index (χ0v) is 15.0. The van der Waals surface area contributed by atoms with Gasteiger partial charge in [0.15, 0.2) is 0 Å². The van der Waals surface area contributed by atoms with Crippen molar-refractivity contribution >= 4 is 5.91 Å². The maximum Gasteiger partial charge on any atom is 0.254 e. The van der Waals surface area contributed by atoms with Gasteiger partial charge in [-0.15, -0.1) is 0 Å². The molecule has 1 aromatic carbocycles. The van der Waals surface area contributed by atoms with Crippen LogP contribution in [0.3, 0.4) is 0 Å². The summed E-state index contributed by atoms with van der Waals surface area (Å²) in [6.45, 7) is 11.6. The highest BCUT2D eigenvalue weighted by Crippen LogP contribution is 2.27. The van der Waals surface area contributed by atoms with E-state index in [1.54, 1.807) is 24.1 Å². The van der Waals surface area contributed by atoms with E-state index in [0.717, 1.165) is 6.42 Å². The summed E-state index contributed by atoms with van der Waals surface area (Å²) >= 11 is 0. The third kappa shape index (κ3) is 4.21. The lowest BCUT2D eigenvalue weighted by Crippen LogP contribution is -2.25. The first-order valence-corrected chi connectivity index (χ1v) is 8.06. The first kappa shape index (κ1) is 17.3. The molecule has 23 heavy (non-hydrogen) atoms. The zero-order valence-electron chi connectivity index (χ0n) is 15.0. The molecule has 0 spiro atoms.